The highest BCUT2D eigenvalue weighted by atomic mass is 16.1. The van der Waals surface area contributed by atoms with Crippen LogP contribution >= 0.6 is 0 Å². The number of rotatable bonds is 2. The van der Waals surface area contributed by atoms with Crippen molar-refractivity contribution in [3.8, 4) is 0 Å². The average Bonchev–Trinajstić information content (AvgIpc) is 2.92. The Hall–Kier alpha value is -0.330. The van der Waals surface area contributed by atoms with Crippen molar-refractivity contribution in [2.24, 2.45) is 46.3 Å². The highest BCUT2D eigenvalue weighted by molar-refractivity contribution is 5.79. The molecule has 0 aromatic heterocycles. The third-order valence-electron chi connectivity index (χ3n) is 9.89. The molecule has 0 N–H and O–H groups in total. The van der Waals surface area contributed by atoms with Gasteiger partial charge in [-0.3, -0.25) is 4.79 Å². The first kappa shape index (κ1) is 17.1. The molecule has 0 aromatic carbocycles. The number of hydrogen-bond donors (Lipinski definition) is 0. The second-order valence-corrected chi connectivity index (χ2v) is 10.5. The highest BCUT2D eigenvalue weighted by Gasteiger charge is 2.60. The van der Waals surface area contributed by atoms with E-state index in [0.717, 1.165) is 42.4 Å². The molecule has 24 heavy (non-hydrogen) atoms. The molecule has 0 radical (unpaired) electrons. The third kappa shape index (κ3) is 2.28. The molecule has 2 unspecified atom stereocenters. The van der Waals surface area contributed by atoms with Gasteiger partial charge in [0.25, 0.3) is 0 Å². The fourth-order valence-corrected chi connectivity index (χ4v) is 8.31. The molecule has 0 aliphatic heterocycles. The monoisotopic (exact) mass is 330 g/mol. The number of ketones is 1. The molecule has 4 fully saturated rings. The molecule has 8 atom stereocenters. The molecule has 4 rings (SSSR count). The topological polar surface area (TPSA) is 17.1 Å². The van der Waals surface area contributed by atoms with Crippen LogP contribution in [0.5, 0.6) is 0 Å². The summed E-state index contributed by atoms with van der Waals surface area (Å²) in [5, 5.41) is 0. The molecule has 0 spiro atoms. The Bertz CT molecular complexity index is 510. The summed E-state index contributed by atoms with van der Waals surface area (Å²) in [6.07, 6.45) is 13.0. The molecule has 136 valence electrons. The van der Waals surface area contributed by atoms with Crippen LogP contribution in [0.1, 0.15) is 91.9 Å². The largest absolute Gasteiger partial charge is 0.300 e. The Labute approximate surface area is 149 Å². The van der Waals surface area contributed by atoms with E-state index in [4.69, 9.17) is 0 Å². The first-order valence-corrected chi connectivity index (χ1v) is 10.9. The van der Waals surface area contributed by atoms with E-state index in [1.807, 2.05) is 0 Å². The molecular formula is C23H38O. The van der Waals surface area contributed by atoms with Gasteiger partial charge in [0.15, 0.2) is 0 Å². The van der Waals surface area contributed by atoms with E-state index >= 15 is 0 Å². The van der Waals surface area contributed by atoms with Crippen LogP contribution in [-0.2, 0) is 4.79 Å². The maximum absolute atomic E-state index is 12.0. The minimum absolute atomic E-state index is 0.479. The zero-order chi connectivity index (χ0) is 17.1. The molecule has 1 nitrogen and oxygen atoms in total. The van der Waals surface area contributed by atoms with Crippen molar-refractivity contribution in [3.05, 3.63) is 0 Å². The SMILES string of the molecule is CC[C@@H](C)C1CC[C@H]2[C@@H]3CCC4CC(=O)CC[C@]4(C)[C@@H]3CC[C@]12C. The van der Waals surface area contributed by atoms with Crippen molar-refractivity contribution in [3.63, 3.8) is 0 Å². The predicted octanol–water partition coefficient (Wildman–Crippen LogP) is 6.26. The van der Waals surface area contributed by atoms with E-state index in [0.29, 0.717) is 22.5 Å². The molecule has 4 saturated carbocycles. The molecule has 4 aliphatic rings. The lowest BCUT2D eigenvalue weighted by Gasteiger charge is -2.60. The van der Waals surface area contributed by atoms with E-state index in [2.05, 4.69) is 27.7 Å². The summed E-state index contributed by atoms with van der Waals surface area (Å²) in [5.41, 5.74) is 1.09. The highest BCUT2D eigenvalue weighted by Crippen LogP contribution is 2.68. The minimum atomic E-state index is 0.479. The van der Waals surface area contributed by atoms with Gasteiger partial charge in [-0.05, 0) is 91.3 Å². The second kappa shape index (κ2) is 5.85. The summed E-state index contributed by atoms with van der Waals surface area (Å²) in [6.45, 7) is 10.1. The van der Waals surface area contributed by atoms with Gasteiger partial charge in [0.05, 0.1) is 0 Å². The van der Waals surface area contributed by atoms with Crippen LogP contribution in [0.15, 0.2) is 0 Å². The average molecular weight is 331 g/mol. The van der Waals surface area contributed by atoms with Gasteiger partial charge >= 0.3 is 0 Å². The Morgan fingerprint density at radius 2 is 1.75 bits per heavy atom. The lowest BCUT2D eigenvalue weighted by atomic mass is 9.44. The van der Waals surface area contributed by atoms with Gasteiger partial charge < -0.3 is 0 Å². The number of hydrogen-bond acceptors (Lipinski definition) is 1. The molecule has 4 aliphatic carbocycles. The zero-order valence-electron chi connectivity index (χ0n) is 16.4. The van der Waals surface area contributed by atoms with Gasteiger partial charge in [-0.15, -0.1) is 0 Å². The third-order valence-corrected chi connectivity index (χ3v) is 9.89. The summed E-state index contributed by atoms with van der Waals surface area (Å²) in [4.78, 5) is 12.0. The van der Waals surface area contributed by atoms with Crippen molar-refractivity contribution in [1.82, 2.24) is 0 Å². The zero-order valence-corrected chi connectivity index (χ0v) is 16.4. The van der Waals surface area contributed by atoms with Crippen molar-refractivity contribution >= 4 is 5.78 Å². The van der Waals surface area contributed by atoms with Crippen molar-refractivity contribution in [2.45, 2.75) is 91.9 Å². The summed E-state index contributed by atoms with van der Waals surface area (Å²) in [6, 6.07) is 0. The summed E-state index contributed by atoms with van der Waals surface area (Å²) < 4.78 is 0. The van der Waals surface area contributed by atoms with E-state index in [9.17, 15) is 4.79 Å². The number of fused-ring (bicyclic) bond motifs is 5. The van der Waals surface area contributed by atoms with Crippen LogP contribution in [0.4, 0.5) is 0 Å². The first-order valence-electron chi connectivity index (χ1n) is 10.9. The quantitative estimate of drug-likeness (QED) is 0.584. The molecule has 0 aromatic rings. The number of carbonyl (C=O) groups is 1. The Balaban J connectivity index is 1.60. The second-order valence-electron chi connectivity index (χ2n) is 10.5. The van der Waals surface area contributed by atoms with E-state index < -0.39 is 0 Å². The van der Waals surface area contributed by atoms with E-state index in [-0.39, 0.29) is 0 Å². The maximum atomic E-state index is 12.0. The first-order chi connectivity index (χ1) is 11.4. The van der Waals surface area contributed by atoms with Crippen molar-refractivity contribution < 1.29 is 4.79 Å². The van der Waals surface area contributed by atoms with Gasteiger partial charge in [0.2, 0.25) is 0 Å². The summed E-state index contributed by atoms with van der Waals surface area (Å²) in [5.74, 6) is 5.98. The normalized spacial score (nSPS) is 52.3. The number of carbonyl (C=O) groups excluding carboxylic acids is 1. The molecule has 0 amide bonds. The summed E-state index contributed by atoms with van der Waals surface area (Å²) in [7, 11) is 0. The molecular weight excluding hydrogens is 292 g/mol. The fraction of sp³-hybridized carbons (Fsp3) is 0.957. The van der Waals surface area contributed by atoms with E-state index in [1.165, 1.54) is 51.4 Å². The van der Waals surface area contributed by atoms with Gasteiger partial charge in [0, 0.05) is 12.8 Å². The Morgan fingerprint density at radius 1 is 1.00 bits per heavy atom. The minimum Gasteiger partial charge on any atom is -0.300 e. The van der Waals surface area contributed by atoms with Crippen LogP contribution in [0.2, 0.25) is 0 Å². The van der Waals surface area contributed by atoms with Gasteiger partial charge in [0.1, 0.15) is 5.78 Å². The van der Waals surface area contributed by atoms with Gasteiger partial charge in [-0.25, -0.2) is 0 Å². The standard InChI is InChI=1S/C23H38O/c1-5-15(2)19-8-9-20-18-7-6-16-14-17(24)10-12-22(16,3)21(18)11-13-23(19,20)4/h15-16,18-21H,5-14H2,1-4H3/t15-,16?,18+,19?,20+,21-,22+,23-/m1/s1. The molecule has 1 heteroatoms. The predicted molar refractivity (Wildman–Crippen MR) is 99.7 cm³/mol. The van der Waals surface area contributed by atoms with Crippen molar-refractivity contribution in [1.29, 1.82) is 0 Å². The lowest BCUT2D eigenvalue weighted by molar-refractivity contribution is -0.140. The van der Waals surface area contributed by atoms with Crippen LogP contribution in [-0.4, -0.2) is 5.78 Å². The van der Waals surface area contributed by atoms with E-state index in [1.54, 1.807) is 0 Å². The lowest BCUT2D eigenvalue weighted by Crippen LogP contribution is -2.53. The van der Waals surface area contributed by atoms with Crippen molar-refractivity contribution in [2.75, 3.05) is 0 Å². The van der Waals surface area contributed by atoms with Crippen LogP contribution in [0.25, 0.3) is 0 Å². The van der Waals surface area contributed by atoms with Gasteiger partial charge in [-0.1, -0.05) is 34.1 Å². The smallest absolute Gasteiger partial charge is 0.133 e. The molecule has 0 bridgehead atoms. The van der Waals surface area contributed by atoms with Crippen LogP contribution in [0, 0.1) is 46.3 Å². The Morgan fingerprint density at radius 3 is 2.50 bits per heavy atom. The number of Topliss-reactive ketones (excluding diaryl/α,β-unsaturated/α-hetero) is 1. The van der Waals surface area contributed by atoms with Gasteiger partial charge in [-0.2, -0.15) is 0 Å². The molecule has 0 saturated heterocycles. The van der Waals surface area contributed by atoms with Crippen LogP contribution < -0.4 is 0 Å². The van der Waals surface area contributed by atoms with Crippen LogP contribution in [0.3, 0.4) is 0 Å². The summed E-state index contributed by atoms with van der Waals surface area (Å²) >= 11 is 0. The molecule has 0 heterocycles. The maximum Gasteiger partial charge on any atom is 0.133 e. The Kier molecular flexibility index (Phi) is 4.17. The fourth-order valence-electron chi connectivity index (χ4n) is 8.31.